The van der Waals surface area contributed by atoms with Crippen LogP contribution in [0.5, 0.6) is 0 Å². The number of thioether (sulfide) groups is 1. The molecule has 8 heteroatoms. The van der Waals surface area contributed by atoms with Crippen LogP contribution in [0.2, 0.25) is 0 Å². The molecule has 0 aliphatic heterocycles. The first kappa shape index (κ1) is 15.1. The predicted molar refractivity (Wildman–Crippen MR) is 90.6 cm³/mol. The maximum absolute atomic E-state index is 11.9. The number of carbonyl (C=O) groups is 1. The van der Waals surface area contributed by atoms with Gasteiger partial charge in [-0.15, -0.1) is 21.5 Å². The van der Waals surface area contributed by atoms with Crippen LogP contribution in [0.4, 0.5) is 5.13 Å². The molecule has 0 saturated heterocycles. The number of amides is 1. The molecule has 1 N–H and O–H groups in total. The van der Waals surface area contributed by atoms with E-state index in [0.29, 0.717) is 10.9 Å². The van der Waals surface area contributed by atoms with E-state index in [-0.39, 0.29) is 5.91 Å². The van der Waals surface area contributed by atoms with Gasteiger partial charge in [0.1, 0.15) is 5.51 Å². The molecule has 5 nitrogen and oxygen atoms in total. The molecule has 22 heavy (non-hydrogen) atoms. The van der Waals surface area contributed by atoms with E-state index >= 15 is 0 Å². The van der Waals surface area contributed by atoms with Crippen LogP contribution in [0.1, 0.15) is 10.4 Å². The van der Waals surface area contributed by atoms with Crippen LogP contribution < -0.4 is 5.32 Å². The molecular formula is C14H12N4OS3. The molecule has 0 fully saturated rings. The summed E-state index contributed by atoms with van der Waals surface area (Å²) in [6.07, 6.45) is 2.64. The first-order valence-corrected chi connectivity index (χ1v) is 9.15. The summed E-state index contributed by atoms with van der Waals surface area (Å²) in [5.74, 6) is 0.226. The van der Waals surface area contributed by atoms with Crippen molar-refractivity contribution < 1.29 is 4.79 Å². The number of benzene rings is 1. The van der Waals surface area contributed by atoms with Crippen molar-refractivity contribution in [2.45, 2.75) is 10.8 Å². The molecule has 0 atom stereocenters. The maximum atomic E-state index is 11.9. The van der Waals surface area contributed by atoms with E-state index in [1.54, 1.807) is 5.51 Å². The standard InChI is InChI=1S/C14H12N4OS3/c19-12(8-20-14-18-16-9-21-14)17-13-15-7-11(22-13)6-10-4-2-1-3-5-10/h1-5,7,9H,6,8H2,(H,15,17,19). The first-order valence-electron chi connectivity index (χ1n) is 6.47. The van der Waals surface area contributed by atoms with Gasteiger partial charge in [-0.05, 0) is 5.56 Å². The summed E-state index contributed by atoms with van der Waals surface area (Å²) in [6.45, 7) is 0. The Bertz CT molecular complexity index is 728. The van der Waals surface area contributed by atoms with E-state index in [1.807, 2.05) is 24.4 Å². The zero-order valence-electron chi connectivity index (χ0n) is 11.4. The average Bonchev–Trinajstić information content (AvgIpc) is 3.18. The van der Waals surface area contributed by atoms with Crippen molar-refractivity contribution in [1.82, 2.24) is 15.2 Å². The zero-order valence-corrected chi connectivity index (χ0v) is 13.9. The van der Waals surface area contributed by atoms with Crippen LogP contribution in [0.25, 0.3) is 0 Å². The lowest BCUT2D eigenvalue weighted by Gasteiger charge is -1.99. The van der Waals surface area contributed by atoms with Crippen LogP contribution in [0.15, 0.2) is 46.4 Å². The summed E-state index contributed by atoms with van der Waals surface area (Å²) in [5.41, 5.74) is 2.88. The molecule has 0 spiro atoms. The van der Waals surface area contributed by atoms with Crippen LogP contribution >= 0.6 is 34.4 Å². The van der Waals surface area contributed by atoms with Crippen LogP contribution in [0, 0.1) is 0 Å². The number of rotatable bonds is 6. The molecule has 0 radical (unpaired) electrons. The zero-order chi connectivity index (χ0) is 15.2. The van der Waals surface area contributed by atoms with Crippen molar-refractivity contribution in [2.24, 2.45) is 0 Å². The minimum atomic E-state index is -0.0826. The molecule has 0 unspecified atom stereocenters. The van der Waals surface area contributed by atoms with E-state index in [1.165, 1.54) is 40.0 Å². The molecular weight excluding hydrogens is 336 g/mol. The highest BCUT2D eigenvalue weighted by Gasteiger charge is 2.09. The van der Waals surface area contributed by atoms with Gasteiger partial charge in [-0.3, -0.25) is 4.79 Å². The van der Waals surface area contributed by atoms with Gasteiger partial charge in [0.25, 0.3) is 0 Å². The molecule has 3 rings (SSSR count). The summed E-state index contributed by atoms with van der Waals surface area (Å²) in [5, 5.41) is 11.1. The summed E-state index contributed by atoms with van der Waals surface area (Å²) in [4.78, 5) is 17.2. The van der Waals surface area contributed by atoms with Crippen LogP contribution in [-0.4, -0.2) is 26.8 Å². The minimum absolute atomic E-state index is 0.0826. The fourth-order valence-corrected chi connectivity index (χ4v) is 3.90. The Morgan fingerprint density at radius 3 is 2.91 bits per heavy atom. The Morgan fingerprint density at radius 2 is 2.14 bits per heavy atom. The van der Waals surface area contributed by atoms with Gasteiger partial charge < -0.3 is 5.32 Å². The molecule has 0 saturated carbocycles. The molecule has 3 aromatic rings. The monoisotopic (exact) mass is 348 g/mol. The topological polar surface area (TPSA) is 67.8 Å². The summed E-state index contributed by atoms with van der Waals surface area (Å²) in [7, 11) is 0. The number of anilines is 1. The Balaban J connectivity index is 1.51. The van der Waals surface area contributed by atoms with Gasteiger partial charge >= 0.3 is 0 Å². The maximum Gasteiger partial charge on any atom is 0.236 e. The van der Waals surface area contributed by atoms with Gasteiger partial charge in [-0.25, -0.2) is 4.98 Å². The fourth-order valence-electron chi connectivity index (χ4n) is 1.75. The Morgan fingerprint density at radius 1 is 1.27 bits per heavy atom. The second-order valence-electron chi connectivity index (χ2n) is 4.34. The normalized spacial score (nSPS) is 10.5. The molecule has 0 bridgehead atoms. The third-order valence-electron chi connectivity index (χ3n) is 2.69. The number of aromatic nitrogens is 3. The van der Waals surface area contributed by atoms with E-state index in [9.17, 15) is 4.79 Å². The first-order chi connectivity index (χ1) is 10.8. The van der Waals surface area contributed by atoms with E-state index in [4.69, 9.17) is 0 Å². The van der Waals surface area contributed by atoms with Crippen molar-refractivity contribution in [3.63, 3.8) is 0 Å². The highest BCUT2D eigenvalue weighted by molar-refractivity contribution is 8.01. The predicted octanol–water partition coefficient (Wildman–Crippen LogP) is 3.32. The van der Waals surface area contributed by atoms with Gasteiger partial charge in [0.05, 0.1) is 5.75 Å². The smallest absolute Gasteiger partial charge is 0.236 e. The second-order valence-corrected chi connectivity index (χ2v) is 7.51. The number of hydrogen-bond acceptors (Lipinski definition) is 7. The molecule has 2 heterocycles. The van der Waals surface area contributed by atoms with Gasteiger partial charge in [0.2, 0.25) is 5.91 Å². The largest absolute Gasteiger partial charge is 0.301 e. The number of nitrogens with one attached hydrogen (secondary N) is 1. The lowest BCUT2D eigenvalue weighted by Crippen LogP contribution is -2.13. The minimum Gasteiger partial charge on any atom is -0.301 e. The van der Waals surface area contributed by atoms with Gasteiger partial charge in [-0.2, -0.15) is 0 Å². The van der Waals surface area contributed by atoms with Crippen LogP contribution in [0.3, 0.4) is 0 Å². The quantitative estimate of drug-likeness (QED) is 0.692. The second kappa shape index (κ2) is 7.48. The molecule has 1 aromatic carbocycles. The van der Waals surface area contributed by atoms with Crippen molar-refractivity contribution in [1.29, 1.82) is 0 Å². The number of carbonyl (C=O) groups excluding carboxylic acids is 1. The third-order valence-corrected chi connectivity index (χ3v) is 5.46. The van der Waals surface area contributed by atoms with Crippen molar-refractivity contribution in [3.05, 3.63) is 52.5 Å². The van der Waals surface area contributed by atoms with Crippen molar-refractivity contribution in [3.8, 4) is 0 Å². The Kier molecular flexibility index (Phi) is 5.15. The van der Waals surface area contributed by atoms with Crippen molar-refractivity contribution >= 4 is 45.5 Å². The summed E-state index contributed by atoms with van der Waals surface area (Å²) < 4.78 is 0.791. The SMILES string of the molecule is O=C(CSc1nncs1)Nc1ncc(Cc2ccccc2)s1. The molecule has 0 aliphatic rings. The summed E-state index contributed by atoms with van der Waals surface area (Å²) >= 11 is 4.30. The van der Waals surface area contributed by atoms with E-state index < -0.39 is 0 Å². The molecule has 0 aliphatic carbocycles. The molecule has 2 aromatic heterocycles. The molecule has 1 amide bonds. The lowest BCUT2D eigenvalue weighted by atomic mass is 10.1. The number of hydrogen-bond donors (Lipinski definition) is 1. The fraction of sp³-hybridized carbons (Fsp3) is 0.143. The molecule has 112 valence electrons. The van der Waals surface area contributed by atoms with Gasteiger partial charge in [0, 0.05) is 17.5 Å². The average molecular weight is 348 g/mol. The van der Waals surface area contributed by atoms with E-state index in [2.05, 4.69) is 32.6 Å². The van der Waals surface area contributed by atoms with Gasteiger partial charge in [-0.1, -0.05) is 53.4 Å². The summed E-state index contributed by atoms with van der Waals surface area (Å²) in [6, 6.07) is 10.2. The lowest BCUT2D eigenvalue weighted by molar-refractivity contribution is -0.113. The Labute approximate surface area is 139 Å². The van der Waals surface area contributed by atoms with Crippen molar-refractivity contribution in [2.75, 3.05) is 11.1 Å². The van der Waals surface area contributed by atoms with Crippen LogP contribution in [-0.2, 0) is 11.2 Å². The number of thiazole rings is 1. The van der Waals surface area contributed by atoms with E-state index in [0.717, 1.165) is 15.6 Å². The third kappa shape index (κ3) is 4.36. The highest BCUT2D eigenvalue weighted by Crippen LogP contribution is 2.22. The number of nitrogens with zero attached hydrogens (tertiary/aromatic N) is 3. The van der Waals surface area contributed by atoms with Gasteiger partial charge in [0.15, 0.2) is 9.47 Å². The highest BCUT2D eigenvalue weighted by atomic mass is 32.2. The Hall–Kier alpha value is -1.77.